The van der Waals surface area contributed by atoms with Gasteiger partial charge in [0.2, 0.25) is 0 Å². The van der Waals surface area contributed by atoms with Crippen LogP contribution < -0.4 is 4.90 Å². The van der Waals surface area contributed by atoms with Crippen molar-refractivity contribution < 1.29 is 0 Å². The summed E-state index contributed by atoms with van der Waals surface area (Å²) in [7, 11) is 0. The number of rotatable bonds is 6. The van der Waals surface area contributed by atoms with Crippen LogP contribution in [-0.2, 0) is 10.8 Å². The number of fused-ring (bicyclic) bond motifs is 8. The molecule has 7 aromatic rings. The molecule has 0 aromatic heterocycles. The molecule has 5 aliphatic rings. The lowest BCUT2D eigenvalue weighted by Gasteiger charge is -2.63. The second kappa shape index (κ2) is 12.6. The molecule has 4 fully saturated rings. The van der Waals surface area contributed by atoms with Gasteiger partial charge in [0.1, 0.15) is 0 Å². The summed E-state index contributed by atoms with van der Waals surface area (Å²) in [6.07, 6.45) is 9.92. The van der Waals surface area contributed by atoms with E-state index in [1.807, 2.05) is 6.08 Å². The standard InChI is InChI=1S/C54H45N/c1-2-37-21-23-40(24-22-37)53-32-38-29-39(33-53)35-54(34-38,36-53)41-25-27-49-50-28-26-44(55(42-13-5-3-6-14-42)43-15-7-4-8-16-43)31-52(50)48-20-12-10-18-46(48)45-17-9-11-19-47(45)51(49)30-41/h2-28,30-31,38-39H,1,29,32-36H2. The Morgan fingerprint density at radius 1 is 0.418 bits per heavy atom. The third-order valence-corrected chi connectivity index (χ3v) is 13.8. The van der Waals surface area contributed by atoms with Crippen LogP contribution in [0.25, 0.3) is 50.6 Å². The van der Waals surface area contributed by atoms with E-state index in [0.29, 0.717) is 0 Å². The van der Waals surface area contributed by atoms with E-state index in [1.54, 1.807) is 11.1 Å². The molecule has 0 saturated heterocycles. The van der Waals surface area contributed by atoms with Gasteiger partial charge in [-0.25, -0.2) is 0 Å². The Hall–Kier alpha value is -5.92. The van der Waals surface area contributed by atoms with Crippen LogP contribution in [0.5, 0.6) is 0 Å². The number of anilines is 3. The maximum absolute atomic E-state index is 4.03. The first-order chi connectivity index (χ1) is 27.1. The molecular weight excluding hydrogens is 663 g/mol. The summed E-state index contributed by atoms with van der Waals surface area (Å²) >= 11 is 0. The van der Waals surface area contributed by atoms with Gasteiger partial charge in [-0.05, 0) is 165 Å². The second-order valence-corrected chi connectivity index (χ2v) is 16.9. The van der Waals surface area contributed by atoms with Gasteiger partial charge in [0, 0.05) is 17.1 Å². The molecule has 0 amide bonds. The van der Waals surface area contributed by atoms with E-state index >= 15 is 0 Å². The SMILES string of the molecule is C=Cc1ccc(C23CC4CC(C2)CC(c2ccc5c(c2)-c2ccccc2-c2ccccc2-c2cc(N(c6ccccc6)c6ccccc6)ccc2-5)(C4)C3)cc1. The van der Waals surface area contributed by atoms with Crippen molar-refractivity contribution in [1.82, 2.24) is 0 Å². The molecule has 2 unspecified atom stereocenters. The van der Waals surface area contributed by atoms with Crippen molar-refractivity contribution in [2.45, 2.75) is 49.4 Å². The lowest BCUT2D eigenvalue weighted by atomic mass is 9.41. The molecule has 7 aromatic carbocycles. The number of nitrogens with zero attached hydrogens (tertiary/aromatic N) is 1. The van der Waals surface area contributed by atoms with Crippen LogP contribution in [0.4, 0.5) is 17.1 Å². The molecule has 4 saturated carbocycles. The molecule has 2 atom stereocenters. The molecule has 4 bridgehead atoms. The van der Waals surface area contributed by atoms with Gasteiger partial charge in [0.15, 0.2) is 0 Å². The zero-order valence-corrected chi connectivity index (χ0v) is 31.3. The zero-order valence-electron chi connectivity index (χ0n) is 31.3. The predicted molar refractivity (Wildman–Crippen MR) is 231 cm³/mol. The van der Waals surface area contributed by atoms with Crippen molar-refractivity contribution in [3.8, 4) is 44.5 Å². The van der Waals surface area contributed by atoms with Crippen molar-refractivity contribution in [2.24, 2.45) is 11.8 Å². The lowest BCUT2D eigenvalue weighted by Crippen LogP contribution is -2.55. The van der Waals surface area contributed by atoms with Crippen LogP contribution in [-0.4, -0.2) is 0 Å². The molecule has 0 spiro atoms. The number of para-hydroxylation sites is 2. The van der Waals surface area contributed by atoms with E-state index in [-0.39, 0.29) is 10.8 Å². The third-order valence-electron chi connectivity index (χ3n) is 13.8. The predicted octanol–water partition coefficient (Wildman–Crippen LogP) is 14.6. The molecule has 0 aliphatic heterocycles. The van der Waals surface area contributed by atoms with Gasteiger partial charge >= 0.3 is 0 Å². The van der Waals surface area contributed by atoms with Crippen molar-refractivity contribution in [3.05, 3.63) is 193 Å². The molecule has 55 heavy (non-hydrogen) atoms. The van der Waals surface area contributed by atoms with Crippen LogP contribution >= 0.6 is 0 Å². The summed E-state index contributed by atoms with van der Waals surface area (Å²) in [6.45, 7) is 4.03. The van der Waals surface area contributed by atoms with Gasteiger partial charge < -0.3 is 4.90 Å². The fraction of sp³-hybridized carbons (Fsp3) is 0.185. The quantitative estimate of drug-likeness (QED) is 0.166. The van der Waals surface area contributed by atoms with Gasteiger partial charge in [-0.1, -0.05) is 140 Å². The smallest absolute Gasteiger partial charge is 0.0468 e. The Balaban J connectivity index is 1.10. The summed E-state index contributed by atoms with van der Waals surface area (Å²) in [4.78, 5) is 2.38. The van der Waals surface area contributed by atoms with Crippen molar-refractivity contribution in [3.63, 3.8) is 0 Å². The Morgan fingerprint density at radius 3 is 1.40 bits per heavy atom. The molecule has 0 heterocycles. The van der Waals surface area contributed by atoms with E-state index in [2.05, 4.69) is 181 Å². The van der Waals surface area contributed by atoms with E-state index in [1.165, 1.54) is 88.6 Å². The Kier molecular flexibility index (Phi) is 7.43. The third kappa shape index (κ3) is 5.20. The fourth-order valence-electron chi connectivity index (χ4n) is 11.9. The Labute approximate surface area is 325 Å². The maximum Gasteiger partial charge on any atom is 0.0468 e. The van der Waals surface area contributed by atoms with E-state index in [0.717, 1.165) is 28.9 Å². The molecular formula is C54H45N. The topological polar surface area (TPSA) is 3.24 Å². The summed E-state index contributed by atoms with van der Waals surface area (Å²) in [5.74, 6) is 1.58. The van der Waals surface area contributed by atoms with E-state index in [4.69, 9.17) is 0 Å². The summed E-state index contributed by atoms with van der Waals surface area (Å²) < 4.78 is 0. The number of benzene rings is 7. The first kappa shape index (κ1) is 32.5. The average molecular weight is 708 g/mol. The van der Waals surface area contributed by atoms with Crippen LogP contribution in [0.1, 0.15) is 55.2 Å². The Morgan fingerprint density at radius 2 is 0.855 bits per heavy atom. The molecule has 12 rings (SSSR count). The average Bonchev–Trinajstić information content (AvgIpc) is 3.23. The highest BCUT2D eigenvalue weighted by Crippen LogP contribution is 2.66. The monoisotopic (exact) mass is 707 g/mol. The molecule has 1 nitrogen and oxygen atoms in total. The molecule has 0 radical (unpaired) electrons. The normalized spacial score (nSPS) is 22.7. The van der Waals surface area contributed by atoms with Crippen molar-refractivity contribution in [1.29, 1.82) is 0 Å². The van der Waals surface area contributed by atoms with Gasteiger partial charge in [0.25, 0.3) is 0 Å². The molecule has 5 aliphatic carbocycles. The number of hydrogen-bond acceptors (Lipinski definition) is 1. The number of hydrogen-bond donors (Lipinski definition) is 0. The second-order valence-electron chi connectivity index (χ2n) is 16.9. The van der Waals surface area contributed by atoms with E-state index < -0.39 is 0 Å². The van der Waals surface area contributed by atoms with Crippen LogP contribution in [0.2, 0.25) is 0 Å². The van der Waals surface area contributed by atoms with E-state index in [9.17, 15) is 0 Å². The minimum atomic E-state index is 0.198. The highest BCUT2D eigenvalue weighted by Gasteiger charge is 2.58. The minimum Gasteiger partial charge on any atom is -0.310 e. The highest BCUT2D eigenvalue weighted by molar-refractivity contribution is 6.04. The molecule has 266 valence electrons. The first-order valence-electron chi connectivity index (χ1n) is 20.2. The molecule has 1 heteroatoms. The lowest BCUT2D eigenvalue weighted by molar-refractivity contribution is -0.0281. The summed E-state index contributed by atoms with van der Waals surface area (Å²) in [6, 6.07) is 63.9. The van der Waals surface area contributed by atoms with Crippen LogP contribution in [0.15, 0.2) is 176 Å². The van der Waals surface area contributed by atoms with Crippen LogP contribution in [0.3, 0.4) is 0 Å². The van der Waals surface area contributed by atoms with Crippen molar-refractivity contribution >= 4 is 23.1 Å². The first-order valence-corrected chi connectivity index (χ1v) is 20.2. The highest BCUT2D eigenvalue weighted by atomic mass is 15.1. The van der Waals surface area contributed by atoms with Crippen molar-refractivity contribution in [2.75, 3.05) is 4.90 Å². The maximum atomic E-state index is 4.03. The van der Waals surface area contributed by atoms with Gasteiger partial charge in [-0.3, -0.25) is 0 Å². The van der Waals surface area contributed by atoms with Gasteiger partial charge in [-0.2, -0.15) is 0 Å². The summed E-state index contributed by atoms with van der Waals surface area (Å²) in [5, 5.41) is 0. The minimum absolute atomic E-state index is 0.198. The molecule has 0 N–H and O–H groups in total. The fourth-order valence-corrected chi connectivity index (χ4v) is 11.9. The largest absolute Gasteiger partial charge is 0.310 e. The van der Waals surface area contributed by atoms with Gasteiger partial charge in [-0.15, -0.1) is 0 Å². The van der Waals surface area contributed by atoms with Gasteiger partial charge in [0.05, 0.1) is 0 Å². The zero-order chi connectivity index (χ0) is 36.6. The Bertz CT molecular complexity index is 2530. The summed E-state index contributed by atoms with van der Waals surface area (Å²) in [5.41, 5.74) is 18.6. The van der Waals surface area contributed by atoms with Crippen LogP contribution in [0, 0.1) is 11.8 Å².